The highest BCUT2D eigenvalue weighted by Crippen LogP contribution is 2.38. The summed E-state index contributed by atoms with van der Waals surface area (Å²) in [6, 6.07) is 6.48. The molecule has 0 aromatic carbocycles. The predicted octanol–water partition coefficient (Wildman–Crippen LogP) is 3.52. The molecule has 3 heteroatoms. The van der Waals surface area contributed by atoms with Crippen LogP contribution in [0.5, 0.6) is 0 Å². The number of hydrogen-bond donors (Lipinski definition) is 1. The van der Waals surface area contributed by atoms with Crippen molar-refractivity contribution in [2.24, 2.45) is 11.8 Å². The molecule has 2 nitrogen and oxygen atoms in total. The third kappa shape index (κ3) is 2.88. The minimum atomic E-state index is 0.596. The third-order valence-corrected chi connectivity index (χ3v) is 5.61. The van der Waals surface area contributed by atoms with Crippen LogP contribution in [-0.4, -0.2) is 30.1 Å². The van der Waals surface area contributed by atoms with E-state index in [4.69, 9.17) is 0 Å². The van der Waals surface area contributed by atoms with E-state index in [-0.39, 0.29) is 0 Å². The SMILES string of the molecule is CC(C)C(c1cccs1)N1CC(C2CC2)NCC1C. The Morgan fingerprint density at radius 3 is 2.74 bits per heavy atom. The van der Waals surface area contributed by atoms with Crippen LogP contribution in [0, 0.1) is 11.8 Å². The Kier molecular flexibility index (Phi) is 3.97. The first-order chi connectivity index (χ1) is 9.16. The first kappa shape index (κ1) is 13.6. The molecule has 1 saturated heterocycles. The Morgan fingerprint density at radius 1 is 1.37 bits per heavy atom. The fraction of sp³-hybridized carbons (Fsp3) is 0.750. The second-order valence-electron chi connectivity index (χ2n) is 6.60. The molecular formula is C16H26N2S. The average molecular weight is 278 g/mol. The van der Waals surface area contributed by atoms with Gasteiger partial charge in [0.2, 0.25) is 0 Å². The topological polar surface area (TPSA) is 15.3 Å². The first-order valence-electron chi connectivity index (χ1n) is 7.69. The summed E-state index contributed by atoms with van der Waals surface area (Å²) in [7, 11) is 0. The summed E-state index contributed by atoms with van der Waals surface area (Å²) in [5.41, 5.74) is 0. The van der Waals surface area contributed by atoms with Crippen LogP contribution in [0.2, 0.25) is 0 Å². The number of hydrogen-bond acceptors (Lipinski definition) is 3. The van der Waals surface area contributed by atoms with E-state index in [0.29, 0.717) is 18.0 Å². The molecule has 2 fully saturated rings. The van der Waals surface area contributed by atoms with Crippen molar-refractivity contribution in [2.75, 3.05) is 13.1 Å². The van der Waals surface area contributed by atoms with Gasteiger partial charge in [0, 0.05) is 36.1 Å². The monoisotopic (exact) mass is 278 g/mol. The number of thiophene rings is 1. The molecule has 1 N–H and O–H groups in total. The van der Waals surface area contributed by atoms with Crippen LogP contribution in [-0.2, 0) is 0 Å². The highest BCUT2D eigenvalue weighted by Gasteiger charge is 2.39. The zero-order chi connectivity index (χ0) is 13.4. The number of piperazine rings is 1. The Hall–Kier alpha value is -0.380. The average Bonchev–Trinajstić information content (AvgIpc) is 3.09. The Labute approximate surface area is 121 Å². The van der Waals surface area contributed by atoms with Crippen LogP contribution in [0.1, 0.15) is 44.5 Å². The van der Waals surface area contributed by atoms with Gasteiger partial charge in [-0.2, -0.15) is 0 Å². The Balaban J connectivity index is 1.79. The summed E-state index contributed by atoms with van der Waals surface area (Å²) in [6.45, 7) is 9.48. The van der Waals surface area contributed by atoms with Crippen LogP contribution in [0.25, 0.3) is 0 Å². The molecule has 3 rings (SSSR count). The molecule has 0 bridgehead atoms. The van der Waals surface area contributed by atoms with Crippen molar-refractivity contribution in [2.45, 2.75) is 51.7 Å². The van der Waals surface area contributed by atoms with E-state index in [9.17, 15) is 0 Å². The molecule has 0 spiro atoms. The lowest BCUT2D eigenvalue weighted by Gasteiger charge is -2.45. The molecule has 106 valence electrons. The predicted molar refractivity (Wildman–Crippen MR) is 82.6 cm³/mol. The first-order valence-corrected chi connectivity index (χ1v) is 8.57. The zero-order valence-corrected chi connectivity index (χ0v) is 13.1. The molecule has 1 aliphatic carbocycles. The highest BCUT2D eigenvalue weighted by atomic mass is 32.1. The maximum Gasteiger partial charge on any atom is 0.0468 e. The molecule has 1 saturated carbocycles. The van der Waals surface area contributed by atoms with E-state index in [2.05, 4.69) is 48.5 Å². The fourth-order valence-electron chi connectivity index (χ4n) is 3.45. The smallest absolute Gasteiger partial charge is 0.0468 e. The zero-order valence-electron chi connectivity index (χ0n) is 12.3. The largest absolute Gasteiger partial charge is 0.311 e. The van der Waals surface area contributed by atoms with Crippen molar-refractivity contribution in [3.8, 4) is 0 Å². The summed E-state index contributed by atoms with van der Waals surface area (Å²) >= 11 is 1.92. The summed E-state index contributed by atoms with van der Waals surface area (Å²) in [5.74, 6) is 1.63. The van der Waals surface area contributed by atoms with Gasteiger partial charge in [0.05, 0.1) is 0 Å². The lowest BCUT2D eigenvalue weighted by Crippen LogP contribution is -2.57. The van der Waals surface area contributed by atoms with Gasteiger partial charge in [-0.1, -0.05) is 19.9 Å². The minimum absolute atomic E-state index is 0.596. The van der Waals surface area contributed by atoms with Gasteiger partial charge in [-0.3, -0.25) is 4.90 Å². The van der Waals surface area contributed by atoms with Gasteiger partial charge >= 0.3 is 0 Å². The van der Waals surface area contributed by atoms with E-state index in [1.807, 2.05) is 11.3 Å². The van der Waals surface area contributed by atoms with Crippen molar-refractivity contribution in [1.82, 2.24) is 10.2 Å². The van der Waals surface area contributed by atoms with Crippen LogP contribution < -0.4 is 5.32 Å². The lowest BCUT2D eigenvalue weighted by molar-refractivity contribution is 0.0630. The highest BCUT2D eigenvalue weighted by molar-refractivity contribution is 7.10. The summed E-state index contributed by atoms with van der Waals surface area (Å²) in [4.78, 5) is 4.30. The van der Waals surface area contributed by atoms with Gasteiger partial charge < -0.3 is 5.32 Å². The van der Waals surface area contributed by atoms with Crippen LogP contribution in [0.4, 0.5) is 0 Å². The molecular weight excluding hydrogens is 252 g/mol. The molecule has 1 aromatic heterocycles. The van der Waals surface area contributed by atoms with Gasteiger partial charge in [-0.05, 0) is 43.0 Å². The quantitative estimate of drug-likeness (QED) is 0.906. The summed E-state index contributed by atoms with van der Waals surface area (Å²) in [5, 5.41) is 5.98. The van der Waals surface area contributed by atoms with Gasteiger partial charge in [-0.25, -0.2) is 0 Å². The molecule has 1 aromatic rings. The minimum Gasteiger partial charge on any atom is -0.311 e. The molecule has 2 heterocycles. The molecule has 1 aliphatic heterocycles. The van der Waals surface area contributed by atoms with E-state index in [1.165, 1.54) is 19.4 Å². The molecule has 0 radical (unpaired) electrons. The van der Waals surface area contributed by atoms with Crippen LogP contribution in [0.15, 0.2) is 17.5 Å². The maximum atomic E-state index is 3.76. The fourth-order valence-corrected chi connectivity index (χ4v) is 4.47. The van der Waals surface area contributed by atoms with Gasteiger partial charge in [-0.15, -0.1) is 11.3 Å². The van der Waals surface area contributed by atoms with E-state index >= 15 is 0 Å². The summed E-state index contributed by atoms with van der Waals surface area (Å²) < 4.78 is 0. The maximum absolute atomic E-state index is 3.76. The standard InChI is InChI=1S/C16H26N2S/c1-11(2)16(15-5-4-8-19-15)18-10-14(13-6-7-13)17-9-12(18)3/h4-5,8,11-14,16-17H,6-7,9-10H2,1-3H3. The lowest BCUT2D eigenvalue weighted by atomic mass is 9.95. The second kappa shape index (κ2) is 5.55. The van der Waals surface area contributed by atoms with Crippen molar-refractivity contribution < 1.29 is 0 Å². The van der Waals surface area contributed by atoms with E-state index < -0.39 is 0 Å². The van der Waals surface area contributed by atoms with Gasteiger partial charge in [0.1, 0.15) is 0 Å². The third-order valence-electron chi connectivity index (χ3n) is 4.66. The molecule has 3 atom stereocenters. The number of rotatable bonds is 4. The molecule has 19 heavy (non-hydrogen) atoms. The van der Waals surface area contributed by atoms with Crippen LogP contribution in [0.3, 0.4) is 0 Å². The van der Waals surface area contributed by atoms with Crippen molar-refractivity contribution in [3.63, 3.8) is 0 Å². The van der Waals surface area contributed by atoms with Crippen molar-refractivity contribution >= 4 is 11.3 Å². The van der Waals surface area contributed by atoms with Crippen molar-refractivity contribution in [1.29, 1.82) is 0 Å². The Morgan fingerprint density at radius 2 is 2.16 bits per heavy atom. The van der Waals surface area contributed by atoms with E-state index in [1.54, 1.807) is 4.88 Å². The molecule has 3 unspecified atom stereocenters. The molecule has 0 amide bonds. The molecule has 2 aliphatic rings. The normalized spacial score (nSPS) is 30.7. The Bertz CT molecular complexity index is 397. The second-order valence-corrected chi connectivity index (χ2v) is 7.58. The van der Waals surface area contributed by atoms with E-state index in [0.717, 1.165) is 18.5 Å². The number of nitrogens with zero attached hydrogens (tertiary/aromatic N) is 1. The van der Waals surface area contributed by atoms with Crippen molar-refractivity contribution in [3.05, 3.63) is 22.4 Å². The number of nitrogens with one attached hydrogen (secondary N) is 1. The van der Waals surface area contributed by atoms with Crippen LogP contribution >= 0.6 is 11.3 Å². The van der Waals surface area contributed by atoms with Gasteiger partial charge in [0.25, 0.3) is 0 Å². The summed E-state index contributed by atoms with van der Waals surface area (Å²) in [6.07, 6.45) is 2.87. The van der Waals surface area contributed by atoms with Gasteiger partial charge in [0.15, 0.2) is 0 Å².